The van der Waals surface area contributed by atoms with Crippen LogP contribution in [0.1, 0.15) is 5.56 Å². The van der Waals surface area contributed by atoms with Crippen molar-refractivity contribution < 1.29 is 13.2 Å². The Kier molecular flexibility index (Phi) is 7.42. The molecule has 0 saturated carbocycles. The maximum atomic E-state index is 14.9. The van der Waals surface area contributed by atoms with Crippen LogP contribution in [0.4, 0.5) is 13.2 Å². The SMILES string of the molecule is FC(F)(F)c1ccccc1-c1cc(-c2nc(-c3ccccc3)nc(-c3ccccc3)n2)ccc1-n1c2ccccc2c2cc3c(cc21)sc1ccccc13. The fraction of sp³-hybridized carbons (Fsp3) is 0.0217. The summed E-state index contributed by atoms with van der Waals surface area (Å²) < 4.78 is 49.0. The third kappa shape index (κ3) is 5.33. The van der Waals surface area contributed by atoms with Gasteiger partial charge in [0, 0.05) is 53.2 Å². The number of rotatable bonds is 5. The van der Waals surface area contributed by atoms with Crippen LogP contribution in [0.25, 0.3) is 93.0 Å². The normalized spacial score (nSPS) is 12.0. The molecule has 0 atom stereocenters. The summed E-state index contributed by atoms with van der Waals surface area (Å²) in [7, 11) is 0. The van der Waals surface area contributed by atoms with Gasteiger partial charge in [-0.2, -0.15) is 13.2 Å². The van der Waals surface area contributed by atoms with E-state index in [9.17, 15) is 13.2 Å². The van der Waals surface area contributed by atoms with Gasteiger partial charge in [0.25, 0.3) is 0 Å². The van der Waals surface area contributed by atoms with E-state index in [4.69, 9.17) is 15.0 Å². The molecule has 0 aliphatic rings. The lowest BCUT2D eigenvalue weighted by Crippen LogP contribution is -2.08. The number of fused-ring (bicyclic) bond motifs is 6. The fourth-order valence-corrected chi connectivity index (χ4v) is 8.56. The van der Waals surface area contributed by atoms with Crippen LogP contribution in [0.5, 0.6) is 0 Å². The summed E-state index contributed by atoms with van der Waals surface area (Å²) in [6.45, 7) is 0. The van der Waals surface area contributed by atoms with Gasteiger partial charge in [0.15, 0.2) is 17.5 Å². The molecule has 0 saturated heterocycles. The molecule has 10 aromatic rings. The lowest BCUT2D eigenvalue weighted by Gasteiger charge is -2.19. The standard InChI is InChI=1S/C46H27F3N4S/c47-46(48,49)37-20-10-7-17-31(37)34-25-30(45-51-43(28-13-3-1-4-14-28)50-44(52-45)29-15-5-2-6-16-29)23-24-39(34)53-38-21-11-8-18-32(38)35-26-36-33-19-9-12-22-41(33)54-42(36)27-40(35)53/h1-27H. The smallest absolute Gasteiger partial charge is 0.309 e. The van der Waals surface area contributed by atoms with E-state index in [0.717, 1.165) is 49.1 Å². The first-order valence-corrected chi connectivity index (χ1v) is 18.3. The number of alkyl halides is 3. The van der Waals surface area contributed by atoms with Crippen LogP contribution in [0.15, 0.2) is 164 Å². The van der Waals surface area contributed by atoms with Gasteiger partial charge in [-0.25, -0.2) is 15.0 Å². The Morgan fingerprint density at radius 3 is 1.72 bits per heavy atom. The highest BCUT2D eigenvalue weighted by Crippen LogP contribution is 2.45. The molecule has 0 unspecified atom stereocenters. The summed E-state index contributed by atoms with van der Waals surface area (Å²) in [6, 6.07) is 51.4. The van der Waals surface area contributed by atoms with Crippen LogP contribution >= 0.6 is 11.3 Å². The van der Waals surface area contributed by atoms with E-state index in [2.05, 4.69) is 34.9 Å². The Morgan fingerprint density at radius 2 is 1.02 bits per heavy atom. The molecule has 0 aliphatic carbocycles. The Hall–Kier alpha value is -6.64. The zero-order valence-electron chi connectivity index (χ0n) is 28.4. The van der Waals surface area contributed by atoms with E-state index < -0.39 is 11.7 Å². The summed E-state index contributed by atoms with van der Waals surface area (Å²) in [6.07, 6.45) is -4.60. The second-order valence-corrected chi connectivity index (χ2v) is 14.2. The zero-order valence-corrected chi connectivity index (χ0v) is 29.2. The zero-order chi connectivity index (χ0) is 36.4. The minimum absolute atomic E-state index is 0.0661. The number of hydrogen-bond donors (Lipinski definition) is 0. The first-order valence-electron chi connectivity index (χ1n) is 17.4. The van der Waals surface area contributed by atoms with Crippen LogP contribution in [0, 0.1) is 0 Å². The highest BCUT2D eigenvalue weighted by molar-refractivity contribution is 7.25. The van der Waals surface area contributed by atoms with E-state index in [1.54, 1.807) is 29.5 Å². The number of halogens is 3. The van der Waals surface area contributed by atoms with Crippen LogP contribution < -0.4 is 0 Å². The Labute approximate surface area is 311 Å². The lowest BCUT2D eigenvalue weighted by molar-refractivity contribution is -0.137. The van der Waals surface area contributed by atoms with Crippen molar-refractivity contribution >= 4 is 53.3 Å². The van der Waals surface area contributed by atoms with E-state index in [1.165, 1.54) is 16.2 Å². The van der Waals surface area contributed by atoms with Gasteiger partial charge in [-0.3, -0.25) is 0 Å². The topological polar surface area (TPSA) is 43.6 Å². The van der Waals surface area contributed by atoms with Crippen LogP contribution in [0.2, 0.25) is 0 Å². The highest BCUT2D eigenvalue weighted by Gasteiger charge is 2.34. The molecule has 0 spiro atoms. The van der Waals surface area contributed by atoms with Crippen LogP contribution in [-0.2, 0) is 6.18 Å². The largest absolute Gasteiger partial charge is 0.417 e. The molecule has 3 aromatic heterocycles. The van der Waals surface area contributed by atoms with E-state index in [-0.39, 0.29) is 5.56 Å². The van der Waals surface area contributed by atoms with Gasteiger partial charge in [0.1, 0.15) is 0 Å². The van der Waals surface area contributed by atoms with Gasteiger partial charge in [0.2, 0.25) is 0 Å². The number of hydrogen-bond acceptors (Lipinski definition) is 4. The summed E-state index contributed by atoms with van der Waals surface area (Å²) in [5.74, 6) is 1.29. The summed E-state index contributed by atoms with van der Waals surface area (Å²) >= 11 is 1.71. The second-order valence-electron chi connectivity index (χ2n) is 13.1. The van der Waals surface area contributed by atoms with Crippen molar-refractivity contribution in [1.82, 2.24) is 19.5 Å². The van der Waals surface area contributed by atoms with Crippen LogP contribution in [-0.4, -0.2) is 19.5 Å². The van der Waals surface area contributed by atoms with Gasteiger partial charge >= 0.3 is 6.18 Å². The van der Waals surface area contributed by atoms with Crippen molar-refractivity contribution in [2.75, 3.05) is 0 Å². The van der Waals surface area contributed by atoms with Crippen molar-refractivity contribution in [3.8, 4) is 51.0 Å². The van der Waals surface area contributed by atoms with Crippen molar-refractivity contribution in [1.29, 1.82) is 0 Å². The molecule has 0 bridgehead atoms. The molecule has 7 aromatic carbocycles. The van der Waals surface area contributed by atoms with Gasteiger partial charge in [-0.15, -0.1) is 11.3 Å². The molecule has 0 amide bonds. The predicted octanol–water partition coefficient (Wildman–Crippen LogP) is 13.0. The average Bonchev–Trinajstić information content (AvgIpc) is 3.74. The van der Waals surface area contributed by atoms with Gasteiger partial charge < -0.3 is 4.57 Å². The Morgan fingerprint density at radius 1 is 0.426 bits per heavy atom. The molecule has 0 radical (unpaired) electrons. The lowest BCUT2D eigenvalue weighted by atomic mass is 9.95. The van der Waals surface area contributed by atoms with Gasteiger partial charge in [-0.05, 0) is 54.1 Å². The van der Waals surface area contributed by atoms with Crippen molar-refractivity contribution in [3.05, 3.63) is 169 Å². The molecule has 0 N–H and O–H groups in total. The third-order valence-electron chi connectivity index (χ3n) is 9.89. The van der Waals surface area contributed by atoms with E-state index >= 15 is 0 Å². The Bertz CT molecular complexity index is 2980. The second kappa shape index (κ2) is 12.5. The monoisotopic (exact) mass is 724 g/mol. The predicted molar refractivity (Wildman–Crippen MR) is 214 cm³/mol. The fourth-order valence-electron chi connectivity index (χ4n) is 7.44. The van der Waals surface area contributed by atoms with Crippen molar-refractivity contribution in [3.63, 3.8) is 0 Å². The molecule has 0 aliphatic heterocycles. The summed E-state index contributed by atoms with van der Waals surface area (Å²) in [5, 5.41) is 4.38. The maximum Gasteiger partial charge on any atom is 0.417 e. The van der Waals surface area contributed by atoms with Crippen LogP contribution in [0.3, 0.4) is 0 Å². The van der Waals surface area contributed by atoms with Gasteiger partial charge in [0.05, 0.1) is 22.3 Å². The highest BCUT2D eigenvalue weighted by atomic mass is 32.1. The van der Waals surface area contributed by atoms with Crippen molar-refractivity contribution in [2.24, 2.45) is 0 Å². The Balaban J connectivity index is 1.27. The number of benzene rings is 7. The number of thiophene rings is 1. The molecular formula is C46H27F3N4S. The average molecular weight is 725 g/mol. The quantitative estimate of drug-likeness (QED) is 0.177. The molecule has 0 fully saturated rings. The molecule has 10 rings (SSSR count). The van der Waals surface area contributed by atoms with E-state index in [1.807, 2.05) is 103 Å². The molecule has 3 heterocycles. The first kappa shape index (κ1) is 32.0. The number of para-hydroxylation sites is 1. The number of aromatic nitrogens is 4. The molecule has 258 valence electrons. The first-order chi connectivity index (χ1) is 26.4. The third-order valence-corrected chi connectivity index (χ3v) is 11.0. The molecule has 54 heavy (non-hydrogen) atoms. The van der Waals surface area contributed by atoms with E-state index in [0.29, 0.717) is 34.3 Å². The van der Waals surface area contributed by atoms with Crippen molar-refractivity contribution in [2.45, 2.75) is 6.18 Å². The minimum Gasteiger partial charge on any atom is -0.309 e. The van der Waals surface area contributed by atoms with Gasteiger partial charge in [-0.1, -0.05) is 115 Å². The molecule has 8 heteroatoms. The number of nitrogens with zero attached hydrogens (tertiary/aromatic N) is 4. The minimum atomic E-state index is -4.60. The molecule has 4 nitrogen and oxygen atoms in total. The summed E-state index contributed by atoms with van der Waals surface area (Å²) in [4.78, 5) is 14.6. The summed E-state index contributed by atoms with van der Waals surface area (Å²) in [5.41, 5.74) is 4.33. The maximum absolute atomic E-state index is 14.9. The molecular weight excluding hydrogens is 698 g/mol.